The Morgan fingerprint density at radius 3 is 2.84 bits per heavy atom. The largest absolute Gasteiger partial charge is 0.399 e. The van der Waals surface area contributed by atoms with Crippen molar-refractivity contribution in [2.45, 2.75) is 37.2 Å². The first-order chi connectivity index (χ1) is 8.98. The van der Waals surface area contributed by atoms with Gasteiger partial charge in [-0.05, 0) is 37.0 Å². The number of nitrogens with one attached hydrogen (secondary N) is 1. The van der Waals surface area contributed by atoms with Crippen LogP contribution >= 0.6 is 0 Å². The van der Waals surface area contributed by atoms with Crippen molar-refractivity contribution in [3.63, 3.8) is 0 Å². The van der Waals surface area contributed by atoms with E-state index in [1.54, 1.807) is 31.4 Å². The quantitative estimate of drug-likeness (QED) is 0.797. The zero-order chi connectivity index (χ0) is 13.9. The number of ether oxygens (including phenoxy) is 1. The molecule has 0 radical (unpaired) electrons. The average Bonchev–Trinajstić information content (AvgIpc) is 2.75. The molecular formula is C13H20N2O3S. The Labute approximate surface area is 114 Å². The van der Waals surface area contributed by atoms with Gasteiger partial charge in [-0.3, -0.25) is 0 Å². The molecule has 0 saturated heterocycles. The van der Waals surface area contributed by atoms with Crippen molar-refractivity contribution in [3.8, 4) is 0 Å². The van der Waals surface area contributed by atoms with Gasteiger partial charge < -0.3 is 10.5 Å². The van der Waals surface area contributed by atoms with Gasteiger partial charge in [0.2, 0.25) is 10.0 Å². The molecule has 1 aliphatic carbocycles. The molecule has 1 aromatic rings. The minimum absolute atomic E-state index is 0.0176. The number of rotatable bonds is 5. The summed E-state index contributed by atoms with van der Waals surface area (Å²) in [6.45, 7) is 0. The predicted molar refractivity (Wildman–Crippen MR) is 75.0 cm³/mol. The Hall–Kier alpha value is -1.11. The molecule has 2 atom stereocenters. The van der Waals surface area contributed by atoms with Gasteiger partial charge in [0, 0.05) is 18.8 Å². The van der Waals surface area contributed by atoms with Crippen LogP contribution in [0.5, 0.6) is 0 Å². The van der Waals surface area contributed by atoms with Crippen LogP contribution in [-0.4, -0.2) is 27.7 Å². The van der Waals surface area contributed by atoms with Crippen LogP contribution in [0.1, 0.15) is 24.8 Å². The summed E-state index contributed by atoms with van der Waals surface area (Å²) < 4.78 is 32.1. The van der Waals surface area contributed by atoms with Gasteiger partial charge in [-0.1, -0.05) is 12.1 Å². The lowest BCUT2D eigenvalue weighted by atomic mass is 10.2. The molecular weight excluding hydrogens is 264 g/mol. The Balaban J connectivity index is 1.96. The van der Waals surface area contributed by atoms with Crippen LogP contribution in [-0.2, 0) is 20.5 Å². The van der Waals surface area contributed by atoms with Crippen LogP contribution in [0, 0.1) is 0 Å². The number of nitrogens with two attached hydrogens (primary N) is 1. The first-order valence-corrected chi connectivity index (χ1v) is 8.01. The van der Waals surface area contributed by atoms with Crippen LogP contribution in [0.2, 0.25) is 0 Å². The van der Waals surface area contributed by atoms with Crippen molar-refractivity contribution in [1.82, 2.24) is 4.72 Å². The molecule has 0 amide bonds. The minimum atomic E-state index is -3.33. The van der Waals surface area contributed by atoms with E-state index in [4.69, 9.17) is 10.5 Å². The second-order valence-electron chi connectivity index (χ2n) is 4.99. The van der Waals surface area contributed by atoms with E-state index in [2.05, 4.69) is 4.72 Å². The molecule has 19 heavy (non-hydrogen) atoms. The summed E-state index contributed by atoms with van der Waals surface area (Å²) in [5.41, 5.74) is 6.92. The van der Waals surface area contributed by atoms with Crippen LogP contribution in [0.15, 0.2) is 24.3 Å². The highest BCUT2D eigenvalue weighted by molar-refractivity contribution is 7.88. The Kier molecular flexibility index (Phi) is 4.44. The molecule has 1 aliphatic rings. The zero-order valence-corrected chi connectivity index (χ0v) is 11.8. The number of nitrogen functional groups attached to an aromatic ring is 1. The zero-order valence-electron chi connectivity index (χ0n) is 11.0. The lowest BCUT2D eigenvalue weighted by molar-refractivity contribution is 0.107. The molecule has 0 bridgehead atoms. The second kappa shape index (κ2) is 5.90. The Bertz CT molecular complexity index is 530. The fourth-order valence-electron chi connectivity index (χ4n) is 2.46. The summed E-state index contributed by atoms with van der Waals surface area (Å²) in [6, 6.07) is 6.94. The van der Waals surface area contributed by atoms with E-state index in [1.165, 1.54) is 0 Å². The number of methoxy groups -OCH3 is 1. The maximum Gasteiger partial charge on any atom is 0.216 e. The topological polar surface area (TPSA) is 81.4 Å². The van der Waals surface area contributed by atoms with E-state index in [0.717, 1.165) is 19.3 Å². The molecule has 0 spiro atoms. The van der Waals surface area contributed by atoms with E-state index in [0.29, 0.717) is 11.3 Å². The second-order valence-corrected chi connectivity index (χ2v) is 6.74. The van der Waals surface area contributed by atoms with Crippen molar-refractivity contribution in [2.75, 3.05) is 12.8 Å². The number of sulfonamides is 1. The molecule has 1 fully saturated rings. The molecule has 6 heteroatoms. The normalized spacial score (nSPS) is 23.6. The van der Waals surface area contributed by atoms with Gasteiger partial charge >= 0.3 is 0 Å². The number of anilines is 1. The highest BCUT2D eigenvalue weighted by atomic mass is 32.2. The summed E-state index contributed by atoms with van der Waals surface area (Å²) in [5.74, 6) is -0.0355. The standard InChI is InChI=1S/C13H20N2O3S/c1-18-13-6-5-12(8-13)15-19(16,17)9-10-3-2-4-11(14)7-10/h2-4,7,12-13,15H,5-6,8-9,14H2,1H3. The molecule has 0 aliphatic heterocycles. The van der Waals surface area contributed by atoms with Gasteiger partial charge in [0.05, 0.1) is 11.9 Å². The van der Waals surface area contributed by atoms with Gasteiger partial charge in [0.1, 0.15) is 0 Å². The molecule has 1 aromatic carbocycles. The number of benzene rings is 1. The minimum Gasteiger partial charge on any atom is -0.399 e. The lowest BCUT2D eigenvalue weighted by Crippen LogP contribution is -2.34. The first-order valence-electron chi connectivity index (χ1n) is 6.36. The average molecular weight is 284 g/mol. The van der Waals surface area contributed by atoms with Crippen molar-refractivity contribution >= 4 is 15.7 Å². The third-order valence-corrected chi connectivity index (χ3v) is 4.78. The number of hydrogen-bond acceptors (Lipinski definition) is 4. The van der Waals surface area contributed by atoms with E-state index < -0.39 is 10.0 Å². The third-order valence-electron chi connectivity index (χ3n) is 3.37. The third kappa shape index (κ3) is 4.19. The monoisotopic (exact) mass is 284 g/mol. The highest BCUT2D eigenvalue weighted by Gasteiger charge is 2.27. The predicted octanol–water partition coefficient (Wildman–Crippen LogP) is 1.26. The van der Waals surface area contributed by atoms with Crippen molar-refractivity contribution in [3.05, 3.63) is 29.8 Å². The summed E-state index contributed by atoms with van der Waals surface area (Å²) in [5, 5.41) is 0. The molecule has 0 heterocycles. The van der Waals surface area contributed by atoms with E-state index in [-0.39, 0.29) is 17.9 Å². The van der Waals surface area contributed by atoms with Gasteiger partial charge in [-0.2, -0.15) is 0 Å². The lowest BCUT2D eigenvalue weighted by Gasteiger charge is -2.13. The van der Waals surface area contributed by atoms with Crippen molar-refractivity contribution in [2.24, 2.45) is 0 Å². The molecule has 5 nitrogen and oxygen atoms in total. The molecule has 106 valence electrons. The molecule has 0 aromatic heterocycles. The molecule has 1 saturated carbocycles. The Morgan fingerprint density at radius 2 is 2.21 bits per heavy atom. The summed E-state index contributed by atoms with van der Waals surface area (Å²) in [4.78, 5) is 0. The van der Waals surface area contributed by atoms with Crippen molar-refractivity contribution in [1.29, 1.82) is 0 Å². The number of hydrogen-bond donors (Lipinski definition) is 2. The molecule has 2 rings (SSSR count). The smallest absolute Gasteiger partial charge is 0.216 e. The van der Waals surface area contributed by atoms with Crippen LogP contribution < -0.4 is 10.5 Å². The van der Waals surface area contributed by atoms with E-state index in [9.17, 15) is 8.42 Å². The van der Waals surface area contributed by atoms with E-state index in [1.807, 2.05) is 0 Å². The Morgan fingerprint density at radius 1 is 1.42 bits per heavy atom. The maximum atomic E-state index is 12.1. The molecule has 3 N–H and O–H groups in total. The summed E-state index contributed by atoms with van der Waals surface area (Å²) in [6.07, 6.45) is 2.64. The van der Waals surface area contributed by atoms with E-state index >= 15 is 0 Å². The fraction of sp³-hybridized carbons (Fsp3) is 0.538. The van der Waals surface area contributed by atoms with Gasteiger partial charge in [0.15, 0.2) is 0 Å². The van der Waals surface area contributed by atoms with Crippen molar-refractivity contribution < 1.29 is 13.2 Å². The first kappa shape index (κ1) is 14.3. The van der Waals surface area contributed by atoms with Gasteiger partial charge in [-0.15, -0.1) is 0 Å². The van der Waals surface area contributed by atoms with Crippen LogP contribution in [0.25, 0.3) is 0 Å². The fourth-order valence-corrected chi connectivity index (χ4v) is 3.88. The van der Waals surface area contributed by atoms with Crippen LogP contribution in [0.4, 0.5) is 5.69 Å². The summed E-state index contributed by atoms with van der Waals surface area (Å²) >= 11 is 0. The van der Waals surface area contributed by atoms with Gasteiger partial charge in [0.25, 0.3) is 0 Å². The molecule has 2 unspecified atom stereocenters. The summed E-state index contributed by atoms with van der Waals surface area (Å²) in [7, 11) is -1.67. The highest BCUT2D eigenvalue weighted by Crippen LogP contribution is 2.22. The van der Waals surface area contributed by atoms with Gasteiger partial charge in [-0.25, -0.2) is 13.1 Å². The SMILES string of the molecule is COC1CCC(NS(=O)(=O)Cc2cccc(N)c2)C1. The maximum absolute atomic E-state index is 12.1. The van der Waals surface area contributed by atoms with Crippen LogP contribution in [0.3, 0.4) is 0 Å².